The zero-order valence-electron chi connectivity index (χ0n) is 16.4. The van der Waals surface area contributed by atoms with Crippen molar-refractivity contribution in [3.8, 4) is 0 Å². The average molecular weight is 355 g/mol. The number of H-pyrrole nitrogens is 1. The summed E-state index contributed by atoms with van der Waals surface area (Å²) in [6.07, 6.45) is 4.35. The molecule has 0 aliphatic carbocycles. The van der Waals surface area contributed by atoms with Gasteiger partial charge in [-0.3, -0.25) is 0 Å². The molecule has 0 saturated carbocycles. The van der Waals surface area contributed by atoms with Gasteiger partial charge in [0.05, 0.1) is 17.7 Å². The molecule has 0 aliphatic heterocycles. The van der Waals surface area contributed by atoms with Gasteiger partial charge >= 0.3 is 0 Å². The van der Waals surface area contributed by atoms with Crippen LogP contribution in [-0.4, -0.2) is 24.2 Å². The fraction of sp³-hybridized carbons (Fsp3) is 0.300. The molecule has 1 aromatic carbocycles. The molecule has 26 heavy (non-hydrogen) atoms. The Kier molecular flexibility index (Phi) is 8.15. The summed E-state index contributed by atoms with van der Waals surface area (Å²) < 4.78 is 0. The smallest absolute Gasteiger partial charge is 0.178 e. The number of nitrogens with zero attached hydrogens (tertiary/aromatic N) is 2. The summed E-state index contributed by atoms with van der Waals surface area (Å²) in [6, 6.07) is 5.58. The van der Waals surface area contributed by atoms with Crippen LogP contribution in [-0.2, 0) is 0 Å². The SMILES string of the molecule is C=C(NC)c1c[nH]c(C(N=CN)=Nc2cc(N)ccc2C)c1C.CCC. The van der Waals surface area contributed by atoms with Crippen molar-refractivity contribution in [1.82, 2.24) is 10.3 Å². The molecule has 0 amide bonds. The molecule has 0 unspecified atom stereocenters. The first-order chi connectivity index (χ1) is 12.4. The molecular weight excluding hydrogens is 324 g/mol. The van der Waals surface area contributed by atoms with Gasteiger partial charge in [0.25, 0.3) is 0 Å². The van der Waals surface area contributed by atoms with Crippen LogP contribution in [0, 0.1) is 13.8 Å². The van der Waals surface area contributed by atoms with Crippen molar-refractivity contribution in [2.24, 2.45) is 15.7 Å². The quantitative estimate of drug-likeness (QED) is 0.380. The van der Waals surface area contributed by atoms with E-state index >= 15 is 0 Å². The van der Waals surface area contributed by atoms with Crippen molar-refractivity contribution < 1.29 is 0 Å². The molecule has 0 spiro atoms. The lowest BCUT2D eigenvalue weighted by molar-refractivity contribution is 1.09. The lowest BCUT2D eigenvalue weighted by Crippen LogP contribution is -2.06. The molecule has 6 nitrogen and oxygen atoms in total. The van der Waals surface area contributed by atoms with E-state index in [2.05, 4.69) is 40.7 Å². The van der Waals surface area contributed by atoms with Crippen LogP contribution in [0.2, 0.25) is 0 Å². The Bertz CT molecular complexity index is 799. The standard InChI is InChI=1S/C17H22N6.C3H8/c1-10-5-6-13(19)7-15(10)23-17(22-9-18)16-11(2)14(8-21-16)12(3)20-4;1-3-2/h5-9,20-21H,3,19H2,1-2,4H3,(H2,18,22,23);3H2,1-2H3. The van der Waals surface area contributed by atoms with E-state index in [-0.39, 0.29) is 0 Å². The van der Waals surface area contributed by atoms with Crippen LogP contribution in [0.5, 0.6) is 0 Å². The molecule has 0 radical (unpaired) electrons. The predicted octanol–water partition coefficient (Wildman–Crippen LogP) is 3.89. The number of anilines is 1. The van der Waals surface area contributed by atoms with Gasteiger partial charge in [-0.2, -0.15) is 0 Å². The van der Waals surface area contributed by atoms with Crippen molar-refractivity contribution in [3.63, 3.8) is 0 Å². The summed E-state index contributed by atoms with van der Waals surface area (Å²) >= 11 is 0. The molecule has 0 saturated heterocycles. The molecule has 0 fully saturated rings. The third kappa shape index (κ3) is 5.24. The van der Waals surface area contributed by atoms with Gasteiger partial charge in [-0.25, -0.2) is 9.98 Å². The second-order valence-electron chi connectivity index (χ2n) is 5.90. The first-order valence-corrected chi connectivity index (χ1v) is 8.63. The molecule has 2 rings (SSSR count). The summed E-state index contributed by atoms with van der Waals surface area (Å²) in [6.45, 7) is 12.2. The first kappa shape index (κ1) is 21.0. The summed E-state index contributed by atoms with van der Waals surface area (Å²) in [7, 11) is 1.83. The molecule has 1 aromatic heterocycles. The third-order valence-electron chi connectivity index (χ3n) is 3.65. The zero-order chi connectivity index (χ0) is 19.7. The van der Waals surface area contributed by atoms with Crippen LogP contribution in [0.3, 0.4) is 0 Å². The number of nitrogen functional groups attached to an aromatic ring is 1. The minimum atomic E-state index is 0.494. The highest BCUT2D eigenvalue weighted by Gasteiger charge is 2.14. The first-order valence-electron chi connectivity index (χ1n) is 8.63. The van der Waals surface area contributed by atoms with Crippen molar-refractivity contribution in [1.29, 1.82) is 0 Å². The highest BCUT2D eigenvalue weighted by atomic mass is 15.0. The Balaban J connectivity index is 0.00000105. The predicted molar refractivity (Wildman–Crippen MR) is 114 cm³/mol. The fourth-order valence-electron chi connectivity index (χ4n) is 2.26. The van der Waals surface area contributed by atoms with Crippen LogP contribution >= 0.6 is 0 Å². The van der Waals surface area contributed by atoms with E-state index < -0.39 is 0 Å². The van der Waals surface area contributed by atoms with E-state index in [0.29, 0.717) is 11.5 Å². The number of hydrogen-bond acceptors (Lipinski definition) is 3. The Labute approximate surface area is 156 Å². The normalized spacial score (nSPS) is 11.2. The topological polar surface area (TPSA) is 105 Å². The van der Waals surface area contributed by atoms with E-state index in [1.54, 1.807) is 0 Å². The number of aromatic amines is 1. The van der Waals surface area contributed by atoms with E-state index in [9.17, 15) is 0 Å². The lowest BCUT2D eigenvalue weighted by Gasteiger charge is -2.06. The van der Waals surface area contributed by atoms with Crippen molar-refractivity contribution in [3.05, 3.63) is 53.4 Å². The minimum Gasteiger partial charge on any atom is -0.399 e. The van der Waals surface area contributed by atoms with E-state index in [1.165, 1.54) is 12.8 Å². The maximum Gasteiger partial charge on any atom is 0.178 e. The number of aromatic nitrogens is 1. The molecule has 2 aromatic rings. The summed E-state index contributed by atoms with van der Waals surface area (Å²) in [4.78, 5) is 12.0. The van der Waals surface area contributed by atoms with Crippen molar-refractivity contribution >= 4 is 29.2 Å². The molecule has 0 bridgehead atoms. The van der Waals surface area contributed by atoms with Gasteiger partial charge in [-0.05, 0) is 37.1 Å². The largest absolute Gasteiger partial charge is 0.399 e. The number of rotatable bonds is 4. The molecule has 0 aliphatic rings. The highest BCUT2D eigenvalue weighted by Crippen LogP contribution is 2.25. The number of nitrogens with one attached hydrogen (secondary N) is 2. The van der Waals surface area contributed by atoms with Crippen LogP contribution in [0.1, 0.15) is 42.7 Å². The number of amidine groups is 1. The Morgan fingerprint density at radius 2 is 1.96 bits per heavy atom. The molecule has 6 heteroatoms. The van der Waals surface area contributed by atoms with Crippen LogP contribution in [0.4, 0.5) is 11.4 Å². The van der Waals surface area contributed by atoms with Gasteiger partial charge in [0.15, 0.2) is 5.84 Å². The molecule has 0 atom stereocenters. The minimum absolute atomic E-state index is 0.494. The van der Waals surface area contributed by atoms with Crippen molar-refractivity contribution in [2.75, 3.05) is 12.8 Å². The van der Waals surface area contributed by atoms with Crippen molar-refractivity contribution in [2.45, 2.75) is 34.1 Å². The molecule has 6 N–H and O–H groups in total. The summed E-state index contributed by atoms with van der Waals surface area (Å²) in [5.74, 6) is 0.494. The fourth-order valence-corrected chi connectivity index (χ4v) is 2.26. The number of nitrogens with two attached hydrogens (primary N) is 2. The summed E-state index contributed by atoms with van der Waals surface area (Å²) in [5.41, 5.74) is 17.3. The van der Waals surface area contributed by atoms with Gasteiger partial charge in [-0.15, -0.1) is 0 Å². The second-order valence-corrected chi connectivity index (χ2v) is 5.90. The number of aliphatic imine (C=N–C) groups is 2. The third-order valence-corrected chi connectivity index (χ3v) is 3.65. The summed E-state index contributed by atoms with van der Waals surface area (Å²) in [5, 5.41) is 3.04. The van der Waals surface area contributed by atoms with Gasteiger partial charge in [0.2, 0.25) is 0 Å². The van der Waals surface area contributed by atoms with Gasteiger partial charge in [0.1, 0.15) is 0 Å². The van der Waals surface area contributed by atoms with Crippen LogP contribution in [0.25, 0.3) is 5.70 Å². The monoisotopic (exact) mass is 354 g/mol. The number of benzene rings is 1. The van der Waals surface area contributed by atoms with E-state index in [0.717, 1.165) is 33.8 Å². The van der Waals surface area contributed by atoms with E-state index in [4.69, 9.17) is 11.5 Å². The van der Waals surface area contributed by atoms with Gasteiger partial charge in [-0.1, -0.05) is 32.9 Å². The Morgan fingerprint density at radius 3 is 2.54 bits per heavy atom. The highest BCUT2D eigenvalue weighted by molar-refractivity contribution is 6.04. The van der Waals surface area contributed by atoms with Gasteiger partial charge < -0.3 is 21.8 Å². The lowest BCUT2D eigenvalue weighted by atomic mass is 10.1. The van der Waals surface area contributed by atoms with E-state index in [1.807, 2.05) is 45.3 Å². The molecular formula is C20H30N6. The van der Waals surface area contributed by atoms with Crippen LogP contribution in [0.15, 0.2) is 41.0 Å². The number of hydrogen-bond donors (Lipinski definition) is 4. The maximum atomic E-state index is 5.85. The molecule has 1 heterocycles. The average Bonchev–Trinajstić information content (AvgIpc) is 2.99. The van der Waals surface area contributed by atoms with Gasteiger partial charge in [0, 0.05) is 30.2 Å². The maximum absolute atomic E-state index is 5.85. The second kappa shape index (κ2) is 10.1. The Hall–Kier alpha value is -3.02. The zero-order valence-corrected chi connectivity index (χ0v) is 16.4. The molecule has 140 valence electrons. The van der Waals surface area contributed by atoms with Crippen LogP contribution < -0.4 is 16.8 Å². The Morgan fingerprint density at radius 1 is 1.31 bits per heavy atom. The number of aryl methyl sites for hydroxylation is 1.